The summed E-state index contributed by atoms with van der Waals surface area (Å²) in [6.07, 6.45) is 1.70. The minimum Gasteiger partial charge on any atom is -0.255 e. The van der Waals surface area contributed by atoms with Gasteiger partial charge in [-0.3, -0.25) is 4.98 Å². The lowest BCUT2D eigenvalue weighted by atomic mass is 10.2. The smallest absolute Gasteiger partial charge is 0.134 e. The number of aromatic nitrogens is 2. The molecule has 2 aromatic heterocycles. The van der Waals surface area contributed by atoms with Crippen molar-refractivity contribution in [1.29, 1.82) is 5.26 Å². The van der Waals surface area contributed by atoms with E-state index < -0.39 is 0 Å². The fourth-order valence-electron chi connectivity index (χ4n) is 1.18. The van der Waals surface area contributed by atoms with E-state index in [2.05, 4.69) is 16.0 Å². The maximum atomic E-state index is 8.89. The molecule has 0 saturated carbocycles. The van der Waals surface area contributed by atoms with Gasteiger partial charge in [0.1, 0.15) is 16.6 Å². The molecule has 14 heavy (non-hydrogen) atoms. The summed E-state index contributed by atoms with van der Waals surface area (Å²) in [7, 11) is 0. The van der Waals surface area contributed by atoms with Crippen molar-refractivity contribution in [3.05, 3.63) is 34.3 Å². The van der Waals surface area contributed by atoms with Crippen LogP contribution in [0, 0.1) is 18.3 Å². The highest BCUT2D eigenvalue weighted by atomic mass is 32.1. The zero-order valence-corrected chi connectivity index (χ0v) is 8.38. The Kier molecular flexibility index (Phi) is 2.25. The highest BCUT2D eigenvalue weighted by Gasteiger charge is 2.10. The Morgan fingerprint density at radius 1 is 1.43 bits per heavy atom. The summed E-state index contributed by atoms with van der Waals surface area (Å²) in [5.74, 6) is 0. The molecule has 0 radical (unpaired) electrons. The van der Waals surface area contributed by atoms with Crippen LogP contribution in [-0.2, 0) is 0 Å². The first-order valence-electron chi connectivity index (χ1n) is 4.10. The molecule has 0 fully saturated rings. The second-order valence-corrected chi connectivity index (χ2v) is 3.94. The van der Waals surface area contributed by atoms with Gasteiger partial charge in [-0.1, -0.05) is 6.07 Å². The SMILES string of the molecule is Cc1nc(-c2ccccn2)c(C#N)s1. The molecule has 0 unspecified atom stereocenters. The van der Waals surface area contributed by atoms with E-state index in [0.29, 0.717) is 10.6 Å². The molecule has 0 bridgehead atoms. The molecule has 2 rings (SSSR count). The molecule has 4 heteroatoms. The van der Waals surface area contributed by atoms with Crippen molar-refractivity contribution >= 4 is 11.3 Å². The van der Waals surface area contributed by atoms with E-state index >= 15 is 0 Å². The van der Waals surface area contributed by atoms with Crippen LogP contribution >= 0.6 is 11.3 Å². The minimum atomic E-state index is 0.626. The van der Waals surface area contributed by atoms with Gasteiger partial charge in [0, 0.05) is 6.20 Å². The third kappa shape index (κ3) is 1.50. The molecule has 0 aliphatic heterocycles. The minimum absolute atomic E-state index is 0.626. The summed E-state index contributed by atoms with van der Waals surface area (Å²) in [5.41, 5.74) is 1.45. The van der Waals surface area contributed by atoms with Crippen molar-refractivity contribution in [1.82, 2.24) is 9.97 Å². The van der Waals surface area contributed by atoms with Gasteiger partial charge < -0.3 is 0 Å². The second kappa shape index (κ2) is 3.56. The molecule has 0 aliphatic carbocycles. The van der Waals surface area contributed by atoms with E-state index in [-0.39, 0.29) is 0 Å². The molecule has 0 aliphatic rings. The molecule has 2 heterocycles. The van der Waals surface area contributed by atoms with Crippen LogP contribution in [-0.4, -0.2) is 9.97 Å². The summed E-state index contributed by atoms with van der Waals surface area (Å²) in [6.45, 7) is 1.89. The Morgan fingerprint density at radius 3 is 2.93 bits per heavy atom. The summed E-state index contributed by atoms with van der Waals surface area (Å²) >= 11 is 1.40. The average molecular weight is 201 g/mol. The van der Waals surface area contributed by atoms with Gasteiger partial charge in [0.2, 0.25) is 0 Å². The van der Waals surface area contributed by atoms with E-state index in [1.807, 2.05) is 25.1 Å². The number of aryl methyl sites for hydroxylation is 1. The van der Waals surface area contributed by atoms with Crippen LogP contribution < -0.4 is 0 Å². The molecule has 0 spiro atoms. The standard InChI is InChI=1S/C10H7N3S/c1-7-13-10(9(6-11)14-7)8-4-2-3-5-12-8/h2-5H,1H3. The predicted octanol–water partition coefficient (Wildman–Crippen LogP) is 2.39. The molecule has 0 atom stereocenters. The normalized spacial score (nSPS) is 9.71. The lowest BCUT2D eigenvalue weighted by molar-refractivity contribution is 1.24. The average Bonchev–Trinajstić information content (AvgIpc) is 2.61. The van der Waals surface area contributed by atoms with Crippen LogP contribution in [0.4, 0.5) is 0 Å². The molecular weight excluding hydrogens is 194 g/mol. The summed E-state index contributed by atoms with van der Waals surface area (Å²) in [6, 6.07) is 7.72. The first kappa shape index (κ1) is 8.85. The highest BCUT2D eigenvalue weighted by Crippen LogP contribution is 2.25. The molecule has 68 valence electrons. The first-order chi connectivity index (χ1) is 6.81. The van der Waals surface area contributed by atoms with E-state index in [4.69, 9.17) is 5.26 Å². The first-order valence-corrected chi connectivity index (χ1v) is 4.92. The topological polar surface area (TPSA) is 49.6 Å². The lowest BCUT2D eigenvalue weighted by Gasteiger charge is -1.93. The number of hydrogen-bond acceptors (Lipinski definition) is 4. The van der Waals surface area contributed by atoms with Gasteiger partial charge in [0.15, 0.2) is 0 Å². The second-order valence-electron chi connectivity index (χ2n) is 2.74. The van der Waals surface area contributed by atoms with E-state index in [1.54, 1.807) is 6.20 Å². The van der Waals surface area contributed by atoms with Gasteiger partial charge >= 0.3 is 0 Å². The van der Waals surface area contributed by atoms with Crippen molar-refractivity contribution in [3.63, 3.8) is 0 Å². The number of pyridine rings is 1. The summed E-state index contributed by atoms with van der Waals surface area (Å²) < 4.78 is 0. The Morgan fingerprint density at radius 2 is 2.29 bits per heavy atom. The molecular formula is C10H7N3S. The van der Waals surface area contributed by atoms with Gasteiger partial charge in [-0.15, -0.1) is 11.3 Å². The van der Waals surface area contributed by atoms with Gasteiger partial charge in [0.25, 0.3) is 0 Å². The number of hydrogen-bond donors (Lipinski definition) is 0. The third-order valence-electron chi connectivity index (χ3n) is 1.74. The number of nitriles is 1. The van der Waals surface area contributed by atoms with Crippen LogP contribution in [0.2, 0.25) is 0 Å². The largest absolute Gasteiger partial charge is 0.255 e. The van der Waals surface area contributed by atoms with Gasteiger partial charge in [-0.05, 0) is 19.1 Å². The third-order valence-corrected chi connectivity index (χ3v) is 2.62. The predicted molar refractivity (Wildman–Crippen MR) is 54.8 cm³/mol. The Labute approximate surface area is 85.7 Å². The molecule has 3 nitrogen and oxygen atoms in total. The highest BCUT2D eigenvalue weighted by molar-refractivity contribution is 7.12. The Bertz CT molecular complexity index is 482. The molecule has 2 aromatic rings. The van der Waals surface area contributed by atoms with Crippen LogP contribution in [0.25, 0.3) is 11.4 Å². The molecule has 0 N–H and O–H groups in total. The van der Waals surface area contributed by atoms with Crippen molar-refractivity contribution in [2.45, 2.75) is 6.92 Å². The molecule has 0 saturated heterocycles. The Hall–Kier alpha value is -1.73. The van der Waals surface area contributed by atoms with Crippen molar-refractivity contribution in [3.8, 4) is 17.5 Å². The fourth-order valence-corrected chi connectivity index (χ4v) is 1.90. The number of nitrogens with zero attached hydrogens (tertiary/aromatic N) is 3. The van der Waals surface area contributed by atoms with Crippen LogP contribution in [0.1, 0.15) is 9.88 Å². The quantitative estimate of drug-likeness (QED) is 0.711. The van der Waals surface area contributed by atoms with Gasteiger partial charge in [-0.2, -0.15) is 5.26 Å². The van der Waals surface area contributed by atoms with Gasteiger partial charge in [-0.25, -0.2) is 4.98 Å². The number of rotatable bonds is 1. The maximum Gasteiger partial charge on any atom is 0.134 e. The zero-order valence-electron chi connectivity index (χ0n) is 7.56. The Balaban J connectivity index is 2.58. The molecule has 0 aromatic carbocycles. The van der Waals surface area contributed by atoms with Crippen LogP contribution in [0.5, 0.6) is 0 Å². The van der Waals surface area contributed by atoms with Crippen molar-refractivity contribution in [2.24, 2.45) is 0 Å². The van der Waals surface area contributed by atoms with Gasteiger partial charge in [0.05, 0.1) is 10.7 Å². The van der Waals surface area contributed by atoms with Crippen molar-refractivity contribution < 1.29 is 0 Å². The zero-order chi connectivity index (χ0) is 9.97. The molecule has 0 amide bonds. The summed E-state index contributed by atoms with van der Waals surface area (Å²) in [4.78, 5) is 9.08. The van der Waals surface area contributed by atoms with Crippen molar-refractivity contribution in [2.75, 3.05) is 0 Å². The summed E-state index contributed by atoms with van der Waals surface area (Å²) in [5, 5.41) is 9.78. The van der Waals surface area contributed by atoms with E-state index in [9.17, 15) is 0 Å². The maximum absolute atomic E-state index is 8.89. The monoisotopic (exact) mass is 201 g/mol. The van der Waals surface area contributed by atoms with Crippen LogP contribution in [0.3, 0.4) is 0 Å². The fraction of sp³-hybridized carbons (Fsp3) is 0.100. The van der Waals surface area contributed by atoms with Crippen LogP contribution in [0.15, 0.2) is 24.4 Å². The van der Waals surface area contributed by atoms with E-state index in [0.717, 1.165) is 10.7 Å². The lowest BCUT2D eigenvalue weighted by Crippen LogP contribution is -1.84. The number of thiazole rings is 1. The van der Waals surface area contributed by atoms with E-state index in [1.165, 1.54) is 11.3 Å².